The summed E-state index contributed by atoms with van der Waals surface area (Å²) in [6.07, 6.45) is 7.39. The monoisotopic (exact) mass is 254 g/mol. The highest BCUT2D eigenvalue weighted by atomic mass is 16.2. The lowest BCUT2D eigenvalue weighted by Crippen LogP contribution is -2.38. The quantitative estimate of drug-likeness (QED) is 0.675. The van der Waals surface area contributed by atoms with Gasteiger partial charge >= 0.3 is 0 Å². The van der Waals surface area contributed by atoms with Crippen LogP contribution >= 0.6 is 0 Å². The molecule has 3 nitrogen and oxygen atoms in total. The van der Waals surface area contributed by atoms with E-state index in [1.807, 2.05) is 0 Å². The molecular weight excluding hydrogens is 224 g/mol. The number of unbranched alkanes of at least 4 members (excludes halogenated alkanes) is 3. The van der Waals surface area contributed by atoms with Crippen LogP contribution < -0.4 is 5.32 Å². The van der Waals surface area contributed by atoms with Crippen molar-refractivity contribution in [2.75, 3.05) is 6.54 Å². The summed E-state index contributed by atoms with van der Waals surface area (Å²) in [5, 5.41) is 3.51. The molecule has 1 rings (SSSR count). The predicted molar refractivity (Wildman–Crippen MR) is 76.3 cm³/mol. The van der Waals surface area contributed by atoms with E-state index in [1.165, 1.54) is 19.3 Å². The molecule has 0 aromatic carbocycles. The van der Waals surface area contributed by atoms with Gasteiger partial charge in [0.1, 0.15) is 0 Å². The van der Waals surface area contributed by atoms with Gasteiger partial charge in [-0.3, -0.25) is 10.1 Å². The zero-order chi connectivity index (χ0) is 13.5. The van der Waals surface area contributed by atoms with E-state index >= 15 is 0 Å². The van der Waals surface area contributed by atoms with Crippen LogP contribution in [0.2, 0.25) is 0 Å². The van der Waals surface area contributed by atoms with Crippen LogP contribution in [-0.4, -0.2) is 29.6 Å². The van der Waals surface area contributed by atoms with Crippen molar-refractivity contribution < 1.29 is 4.79 Å². The summed E-state index contributed by atoms with van der Waals surface area (Å²) in [4.78, 5) is 14.4. The van der Waals surface area contributed by atoms with Gasteiger partial charge in [-0.1, -0.05) is 53.4 Å². The highest BCUT2D eigenvalue weighted by Gasteiger charge is 2.39. The van der Waals surface area contributed by atoms with Gasteiger partial charge in [-0.25, -0.2) is 0 Å². The van der Waals surface area contributed by atoms with Gasteiger partial charge in [0.15, 0.2) is 0 Å². The number of nitrogens with one attached hydrogen (secondary N) is 1. The van der Waals surface area contributed by atoms with E-state index in [2.05, 4.69) is 37.9 Å². The van der Waals surface area contributed by atoms with Gasteiger partial charge in [-0.05, 0) is 18.8 Å². The Morgan fingerprint density at radius 2 is 1.89 bits per heavy atom. The van der Waals surface area contributed by atoms with Crippen molar-refractivity contribution >= 4 is 5.91 Å². The summed E-state index contributed by atoms with van der Waals surface area (Å²) in [7, 11) is 0. The number of carbonyl (C=O) groups excluding carboxylic acids is 1. The average Bonchev–Trinajstić information content (AvgIpc) is 2.63. The van der Waals surface area contributed by atoms with Crippen molar-refractivity contribution in [3.63, 3.8) is 0 Å². The van der Waals surface area contributed by atoms with Crippen molar-refractivity contribution in [3.05, 3.63) is 0 Å². The number of nitrogens with zero attached hydrogens (tertiary/aromatic N) is 1. The zero-order valence-corrected chi connectivity index (χ0v) is 12.5. The number of hydrogen-bond donors (Lipinski definition) is 1. The molecule has 106 valence electrons. The normalized spacial score (nSPS) is 24.3. The largest absolute Gasteiger partial charge is 0.326 e. The van der Waals surface area contributed by atoms with E-state index in [4.69, 9.17) is 0 Å². The minimum Gasteiger partial charge on any atom is -0.326 e. The smallest absolute Gasteiger partial charge is 0.241 e. The lowest BCUT2D eigenvalue weighted by molar-refractivity contribution is -0.130. The summed E-state index contributed by atoms with van der Waals surface area (Å²) < 4.78 is 0. The van der Waals surface area contributed by atoms with Crippen molar-refractivity contribution in [2.24, 2.45) is 5.92 Å². The first kappa shape index (κ1) is 15.5. The second-order valence-corrected chi connectivity index (χ2v) is 5.79. The molecule has 1 N–H and O–H groups in total. The summed E-state index contributed by atoms with van der Waals surface area (Å²) >= 11 is 0. The number of amides is 1. The molecule has 0 saturated carbocycles. The summed E-state index contributed by atoms with van der Waals surface area (Å²) in [6, 6.07) is 0.0349. The second kappa shape index (κ2) is 7.78. The second-order valence-electron chi connectivity index (χ2n) is 5.79. The number of carbonyl (C=O) groups is 1. The van der Waals surface area contributed by atoms with Gasteiger partial charge in [0.25, 0.3) is 0 Å². The Morgan fingerprint density at radius 3 is 2.44 bits per heavy atom. The molecule has 0 radical (unpaired) electrons. The average molecular weight is 254 g/mol. The molecule has 1 amide bonds. The highest BCUT2D eigenvalue weighted by molar-refractivity contribution is 5.84. The number of hydrogen-bond acceptors (Lipinski definition) is 2. The van der Waals surface area contributed by atoms with Crippen LogP contribution in [0.25, 0.3) is 0 Å². The first-order valence-corrected chi connectivity index (χ1v) is 7.68. The van der Waals surface area contributed by atoms with Crippen LogP contribution in [0.5, 0.6) is 0 Å². The predicted octanol–water partition coefficient (Wildman–Crippen LogP) is 3.15. The Hall–Kier alpha value is -0.570. The van der Waals surface area contributed by atoms with Crippen molar-refractivity contribution in [1.29, 1.82) is 0 Å². The van der Waals surface area contributed by atoms with Crippen LogP contribution in [0.1, 0.15) is 66.2 Å². The van der Waals surface area contributed by atoms with Crippen molar-refractivity contribution in [2.45, 2.75) is 78.4 Å². The van der Waals surface area contributed by atoms with Crippen molar-refractivity contribution in [1.82, 2.24) is 10.2 Å². The third-order valence-electron chi connectivity index (χ3n) is 3.78. The van der Waals surface area contributed by atoms with E-state index < -0.39 is 0 Å². The standard InChI is InChI=1S/C15H30N2O/c1-5-7-8-9-11-17-13(10-6-2)16-14(12(3)4)15(17)18/h12-14,16H,5-11H2,1-4H3. The van der Waals surface area contributed by atoms with E-state index in [-0.39, 0.29) is 12.2 Å². The molecule has 1 saturated heterocycles. The molecule has 2 atom stereocenters. The Balaban J connectivity index is 2.51. The molecule has 1 aliphatic heterocycles. The molecule has 0 spiro atoms. The van der Waals surface area contributed by atoms with Gasteiger partial charge < -0.3 is 4.90 Å². The first-order chi connectivity index (χ1) is 8.61. The van der Waals surface area contributed by atoms with E-state index in [1.54, 1.807) is 0 Å². The molecule has 0 aromatic rings. The van der Waals surface area contributed by atoms with E-state index in [9.17, 15) is 4.79 Å². The molecule has 2 unspecified atom stereocenters. The van der Waals surface area contributed by atoms with Crippen LogP contribution in [0.4, 0.5) is 0 Å². The summed E-state index contributed by atoms with van der Waals surface area (Å²) in [6.45, 7) is 9.58. The maximum atomic E-state index is 12.4. The molecule has 18 heavy (non-hydrogen) atoms. The van der Waals surface area contributed by atoms with Crippen LogP contribution in [0.15, 0.2) is 0 Å². The molecule has 0 aliphatic carbocycles. The Labute approximate surface area is 112 Å². The van der Waals surface area contributed by atoms with Gasteiger partial charge in [0, 0.05) is 6.54 Å². The van der Waals surface area contributed by atoms with Gasteiger partial charge in [-0.2, -0.15) is 0 Å². The van der Waals surface area contributed by atoms with E-state index in [0.29, 0.717) is 11.8 Å². The molecule has 0 aromatic heterocycles. The Morgan fingerprint density at radius 1 is 1.17 bits per heavy atom. The first-order valence-electron chi connectivity index (χ1n) is 7.68. The van der Waals surface area contributed by atoms with Crippen molar-refractivity contribution in [3.8, 4) is 0 Å². The fraction of sp³-hybridized carbons (Fsp3) is 0.933. The summed E-state index contributed by atoms with van der Waals surface area (Å²) in [5.74, 6) is 0.706. The molecule has 1 heterocycles. The molecule has 1 aliphatic rings. The maximum absolute atomic E-state index is 12.4. The van der Waals surface area contributed by atoms with Crippen LogP contribution in [0, 0.1) is 5.92 Å². The minimum atomic E-state index is 0.0349. The van der Waals surface area contributed by atoms with Crippen LogP contribution in [0.3, 0.4) is 0 Å². The van der Waals surface area contributed by atoms with E-state index in [0.717, 1.165) is 25.8 Å². The lowest BCUT2D eigenvalue weighted by atomic mass is 10.0. The summed E-state index contributed by atoms with van der Waals surface area (Å²) in [5.41, 5.74) is 0. The molecule has 0 bridgehead atoms. The van der Waals surface area contributed by atoms with Gasteiger partial charge in [-0.15, -0.1) is 0 Å². The van der Waals surface area contributed by atoms with Gasteiger partial charge in [0.05, 0.1) is 12.2 Å². The Bertz CT molecular complexity index is 253. The third-order valence-corrected chi connectivity index (χ3v) is 3.78. The number of rotatable bonds is 8. The fourth-order valence-corrected chi connectivity index (χ4v) is 2.67. The molecule has 3 heteroatoms. The van der Waals surface area contributed by atoms with Gasteiger partial charge in [0.2, 0.25) is 5.91 Å². The fourth-order valence-electron chi connectivity index (χ4n) is 2.67. The lowest BCUT2D eigenvalue weighted by Gasteiger charge is -2.23. The zero-order valence-electron chi connectivity index (χ0n) is 12.5. The SMILES string of the molecule is CCCCCCN1C(=O)C(C(C)C)NC1CCC. The molecule has 1 fully saturated rings. The van der Waals surface area contributed by atoms with Crippen LogP contribution in [-0.2, 0) is 4.79 Å². The molecular formula is C15H30N2O. The topological polar surface area (TPSA) is 32.3 Å². The highest BCUT2D eigenvalue weighted by Crippen LogP contribution is 2.20. The minimum absolute atomic E-state index is 0.0349. The maximum Gasteiger partial charge on any atom is 0.241 e. The Kier molecular flexibility index (Phi) is 6.69. The third kappa shape index (κ3) is 3.98.